The van der Waals surface area contributed by atoms with E-state index in [1.54, 1.807) is 26.0 Å². The fourth-order valence-electron chi connectivity index (χ4n) is 2.71. The van der Waals surface area contributed by atoms with Crippen molar-refractivity contribution in [1.29, 1.82) is 0 Å². The molecule has 140 valence electrons. The summed E-state index contributed by atoms with van der Waals surface area (Å²) in [4.78, 5) is 14.7. The second-order valence-electron chi connectivity index (χ2n) is 6.50. The van der Waals surface area contributed by atoms with E-state index < -0.39 is 10.0 Å². The third kappa shape index (κ3) is 6.39. The molecule has 0 unspecified atom stereocenters. The summed E-state index contributed by atoms with van der Waals surface area (Å²) in [6.45, 7) is 9.25. The Labute approximate surface area is 150 Å². The summed E-state index contributed by atoms with van der Waals surface area (Å²) >= 11 is 0. The van der Waals surface area contributed by atoms with E-state index in [0.29, 0.717) is 12.1 Å². The predicted molar refractivity (Wildman–Crippen MR) is 98.2 cm³/mol. The predicted octanol–water partition coefficient (Wildman–Crippen LogP) is 0.398. The molecule has 0 atom stereocenters. The van der Waals surface area contributed by atoms with Crippen LogP contribution in [0, 0.1) is 0 Å². The van der Waals surface area contributed by atoms with Crippen LogP contribution in [0.4, 0.5) is 0 Å². The van der Waals surface area contributed by atoms with E-state index in [1.807, 2.05) is 0 Å². The molecule has 0 saturated carbocycles. The van der Waals surface area contributed by atoms with Gasteiger partial charge in [0.1, 0.15) is 0 Å². The maximum Gasteiger partial charge on any atom is 0.251 e. The highest BCUT2D eigenvalue weighted by molar-refractivity contribution is 7.89. The Balaban J connectivity index is 1.79. The number of hydrogen-bond donors (Lipinski definition) is 3. The number of carbonyl (C=O) groups is 1. The lowest BCUT2D eigenvalue weighted by Gasteiger charge is -2.27. The number of benzene rings is 1. The molecule has 1 aromatic rings. The summed E-state index contributed by atoms with van der Waals surface area (Å²) < 4.78 is 26.6. The topological polar surface area (TPSA) is 90.5 Å². The molecule has 0 spiro atoms. The Morgan fingerprint density at radius 1 is 1.20 bits per heavy atom. The fourth-order valence-corrected chi connectivity index (χ4v) is 3.96. The van der Waals surface area contributed by atoms with Crippen molar-refractivity contribution in [1.82, 2.24) is 20.3 Å². The molecule has 1 aromatic carbocycles. The van der Waals surface area contributed by atoms with E-state index >= 15 is 0 Å². The van der Waals surface area contributed by atoms with Crippen LogP contribution >= 0.6 is 0 Å². The first-order chi connectivity index (χ1) is 11.9. The van der Waals surface area contributed by atoms with Crippen LogP contribution in [0.1, 0.15) is 30.6 Å². The number of nitrogens with one attached hydrogen (secondary N) is 3. The van der Waals surface area contributed by atoms with Gasteiger partial charge in [-0.2, -0.15) is 0 Å². The van der Waals surface area contributed by atoms with Crippen LogP contribution in [0.15, 0.2) is 29.2 Å². The van der Waals surface area contributed by atoms with Gasteiger partial charge in [0, 0.05) is 44.3 Å². The summed E-state index contributed by atoms with van der Waals surface area (Å²) in [5.41, 5.74) is 0.464. The molecule has 0 aromatic heterocycles. The molecule has 3 N–H and O–H groups in total. The molecule has 0 radical (unpaired) electrons. The average molecular weight is 369 g/mol. The Kier molecular flexibility index (Phi) is 7.37. The van der Waals surface area contributed by atoms with Crippen LogP contribution < -0.4 is 15.4 Å². The number of nitrogens with zero attached hydrogens (tertiary/aromatic N) is 1. The first-order valence-electron chi connectivity index (χ1n) is 8.72. The Hall–Kier alpha value is -1.48. The summed E-state index contributed by atoms with van der Waals surface area (Å²) in [6, 6.07) is 5.82. The highest BCUT2D eigenvalue weighted by Crippen LogP contribution is 2.11. The Bertz CT molecular complexity index is 653. The van der Waals surface area contributed by atoms with Crippen molar-refractivity contribution in [2.75, 3.05) is 39.3 Å². The highest BCUT2D eigenvalue weighted by atomic mass is 32.2. The van der Waals surface area contributed by atoms with Gasteiger partial charge in [-0.05, 0) is 51.1 Å². The molecule has 1 aliphatic rings. The number of piperazine rings is 1. The molecular weight excluding hydrogens is 340 g/mol. The van der Waals surface area contributed by atoms with Gasteiger partial charge >= 0.3 is 0 Å². The standard InChI is InChI=1S/C17H28N4O3S/c1-14(2)20-25(23,24)16-6-4-15(5-7-16)17(22)19-8-3-11-21-12-9-18-10-13-21/h4-7,14,18,20H,3,8-13H2,1-2H3,(H,19,22). The van der Waals surface area contributed by atoms with Crippen LogP contribution in [-0.2, 0) is 10.0 Å². The largest absolute Gasteiger partial charge is 0.352 e. The summed E-state index contributed by atoms with van der Waals surface area (Å²) in [5, 5.41) is 6.19. The van der Waals surface area contributed by atoms with E-state index in [-0.39, 0.29) is 16.8 Å². The van der Waals surface area contributed by atoms with Gasteiger partial charge in [-0.25, -0.2) is 13.1 Å². The molecule has 25 heavy (non-hydrogen) atoms. The van der Waals surface area contributed by atoms with Crippen molar-refractivity contribution in [3.05, 3.63) is 29.8 Å². The summed E-state index contributed by atoms with van der Waals surface area (Å²) in [7, 11) is -3.53. The maximum atomic E-state index is 12.1. The minimum atomic E-state index is -3.53. The average Bonchev–Trinajstić information content (AvgIpc) is 2.58. The number of carbonyl (C=O) groups excluding carboxylic acids is 1. The first-order valence-corrected chi connectivity index (χ1v) is 10.2. The van der Waals surface area contributed by atoms with E-state index in [2.05, 4.69) is 20.3 Å². The number of sulfonamides is 1. The van der Waals surface area contributed by atoms with E-state index in [4.69, 9.17) is 0 Å². The fraction of sp³-hybridized carbons (Fsp3) is 0.588. The maximum absolute atomic E-state index is 12.1. The molecule has 2 rings (SSSR count). The number of hydrogen-bond acceptors (Lipinski definition) is 5. The monoisotopic (exact) mass is 368 g/mol. The lowest BCUT2D eigenvalue weighted by Crippen LogP contribution is -2.44. The number of amides is 1. The zero-order chi connectivity index (χ0) is 18.3. The summed E-state index contributed by atoms with van der Waals surface area (Å²) in [5.74, 6) is -0.180. The van der Waals surface area contributed by atoms with Gasteiger partial charge in [0.15, 0.2) is 0 Å². The Morgan fingerprint density at radius 2 is 1.84 bits per heavy atom. The molecule has 1 aliphatic heterocycles. The van der Waals surface area contributed by atoms with E-state index in [9.17, 15) is 13.2 Å². The van der Waals surface area contributed by atoms with Crippen molar-refractivity contribution in [3.63, 3.8) is 0 Å². The molecule has 0 aliphatic carbocycles. The molecule has 7 nitrogen and oxygen atoms in total. The molecular formula is C17H28N4O3S. The van der Waals surface area contributed by atoms with Crippen LogP contribution in [-0.4, -0.2) is 64.5 Å². The molecule has 1 heterocycles. The van der Waals surface area contributed by atoms with Crippen LogP contribution in [0.2, 0.25) is 0 Å². The SMILES string of the molecule is CC(C)NS(=O)(=O)c1ccc(C(=O)NCCCN2CCNCC2)cc1. The van der Waals surface area contributed by atoms with Crippen molar-refractivity contribution in [2.45, 2.75) is 31.2 Å². The minimum absolute atomic E-state index is 0.163. The molecule has 1 fully saturated rings. The van der Waals surface area contributed by atoms with E-state index in [0.717, 1.165) is 39.1 Å². The van der Waals surface area contributed by atoms with Crippen molar-refractivity contribution in [3.8, 4) is 0 Å². The van der Waals surface area contributed by atoms with Crippen molar-refractivity contribution in [2.24, 2.45) is 0 Å². The third-order valence-corrected chi connectivity index (χ3v) is 5.64. The summed E-state index contributed by atoms with van der Waals surface area (Å²) in [6.07, 6.45) is 0.899. The van der Waals surface area contributed by atoms with Gasteiger partial charge in [0.05, 0.1) is 4.90 Å². The third-order valence-electron chi connectivity index (χ3n) is 3.96. The van der Waals surface area contributed by atoms with Gasteiger partial charge in [0.2, 0.25) is 10.0 Å². The minimum Gasteiger partial charge on any atom is -0.352 e. The van der Waals surface area contributed by atoms with Crippen molar-refractivity contribution >= 4 is 15.9 Å². The van der Waals surface area contributed by atoms with Gasteiger partial charge in [0.25, 0.3) is 5.91 Å². The zero-order valence-corrected chi connectivity index (χ0v) is 15.7. The lowest BCUT2D eigenvalue weighted by atomic mass is 10.2. The van der Waals surface area contributed by atoms with Gasteiger partial charge in [-0.3, -0.25) is 4.79 Å². The van der Waals surface area contributed by atoms with Crippen molar-refractivity contribution < 1.29 is 13.2 Å². The van der Waals surface area contributed by atoms with Gasteiger partial charge in [-0.15, -0.1) is 0 Å². The second kappa shape index (κ2) is 9.28. The van der Waals surface area contributed by atoms with Gasteiger partial charge in [-0.1, -0.05) is 0 Å². The van der Waals surface area contributed by atoms with Crippen LogP contribution in [0.25, 0.3) is 0 Å². The Morgan fingerprint density at radius 3 is 2.44 bits per heavy atom. The normalized spacial score (nSPS) is 16.1. The first kappa shape index (κ1) is 19.8. The number of rotatable bonds is 8. The lowest BCUT2D eigenvalue weighted by molar-refractivity contribution is 0.0951. The molecule has 8 heteroatoms. The highest BCUT2D eigenvalue weighted by Gasteiger charge is 2.16. The zero-order valence-electron chi connectivity index (χ0n) is 14.9. The quantitative estimate of drug-likeness (QED) is 0.578. The smallest absolute Gasteiger partial charge is 0.251 e. The molecule has 1 amide bonds. The van der Waals surface area contributed by atoms with Crippen LogP contribution in [0.3, 0.4) is 0 Å². The van der Waals surface area contributed by atoms with E-state index in [1.165, 1.54) is 12.1 Å². The van der Waals surface area contributed by atoms with Gasteiger partial charge < -0.3 is 15.5 Å². The molecule has 0 bridgehead atoms. The van der Waals surface area contributed by atoms with Crippen LogP contribution in [0.5, 0.6) is 0 Å². The second-order valence-corrected chi connectivity index (χ2v) is 8.22. The molecule has 1 saturated heterocycles.